The summed E-state index contributed by atoms with van der Waals surface area (Å²) in [5.74, 6) is 0.871. The Hall–Kier alpha value is -2.12. The number of ether oxygens (including phenoxy) is 2. The Labute approximate surface area is 166 Å². The highest BCUT2D eigenvalue weighted by molar-refractivity contribution is 5.83. The SMILES string of the molecule is COc1ccccc1CC(=O)N1CCC(NC(=O)C2(CN)CCOCC2)CC1. The molecule has 0 radical (unpaired) electrons. The van der Waals surface area contributed by atoms with Crippen molar-refractivity contribution < 1.29 is 19.1 Å². The van der Waals surface area contributed by atoms with E-state index in [1.807, 2.05) is 29.2 Å². The molecule has 2 aliphatic heterocycles. The van der Waals surface area contributed by atoms with E-state index in [9.17, 15) is 9.59 Å². The molecule has 0 atom stereocenters. The molecule has 154 valence electrons. The van der Waals surface area contributed by atoms with E-state index in [2.05, 4.69) is 5.32 Å². The molecule has 2 saturated heterocycles. The Balaban J connectivity index is 1.50. The number of hydrogen-bond acceptors (Lipinski definition) is 5. The fraction of sp³-hybridized carbons (Fsp3) is 0.619. The van der Waals surface area contributed by atoms with E-state index in [0.29, 0.717) is 52.1 Å². The molecule has 2 amide bonds. The standard InChI is InChI=1S/C21H31N3O4/c1-27-18-5-3-2-4-16(18)14-19(25)24-10-6-17(7-11-24)23-20(26)21(15-22)8-12-28-13-9-21/h2-5,17H,6-15,22H2,1H3,(H,23,26). The number of nitrogens with one attached hydrogen (secondary N) is 1. The third kappa shape index (κ3) is 4.64. The number of nitrogens with two attached hydrogens (primary N) is 1. The Morgan fingerprint density at radius 1 is 1.25 bits per heavy atom. The Bertz CT molecular complexity index is 680. The maximum atomic E-state index is 12.8. The molecule has 0 aromatic heterocycles. The minimum absolute atomic E-state index is 0.0390. The number of likely N-dealkylation sites (tertiary alicyclic amines) is 1. The normalized spacial score (nSPS) is 19.9. The van der Waals surface area contributed by atoms with Gasteiger partial charge in [-0.15, -0.1) is 0 Å². The van der Waals surface area contributed by atoms with Gasteiger partial charge in [0, 0.05) is 44.5 Å². The molecule has 2 fully saturated rings. The summed E-state index contributed by atoms with van der Waals surface area (Å²) in [5.41, 5.74) is 6.32. The number of hydrogen-bond donors (Lipinski definition) is 2. The first-order valence-electron chi connectivity index (χ1n) is 10.1. The molecule has 0 spiro atoms. The van der Waals surface area contributed by atoms with Crippen LogP contribution in [0.25, 0.3) is 0 Å². The van der Waals surface area contributed by atoms with Gasteiger partial charge in [-0.25, -0.2) is 0 Å². The van der Waals surface area contributed by atoms with Crippen molar-refractivity contribution in [2.45, 2.75) is 38.1 Å². The maximum absolute atomic E-state index is 12.8. The van der Waals surface area contributed by atoms with Crippen LogP contribution < -0.4 is 15.8 Å². The number of para-hydroxylation sites is 1. The van der Waals surface area contributed by atoms with Crippen molar-refractivity contribution in [1.82, 2.24) is 10.2 Å². The highest BCUT2D eigenvalue weighted by Gasteiger charge is 2.40. The van der Waals surface area contributed by atoms with Gasteiger partial charge >= 0.3 is 0 Å². The van der Waals surface area contributed by atoms with E-state index in [0.717, 1.165) is 24.2 Å². The average molecular weight is 389 g/mol. The Morgan fingerprint density at radius 2 is 1.93 bits per heavy atom. The van der Waals surface area contributed by atoms with Gasteiger partial charge in [0.1, 0.15) is 5.75 Å². The zero-order valence-corrected chi connectivity index (χ0v) is 16.6. The number of benzene rings is 1. The highest BCUT2D eigenvalue weighted by Crippen LogP contribution is 2.30. The number of methoxy groups -OCH3 is 1. The predicted octanol–water partition coefficient (Wildman–Crippen LogP) is 1.10. The molecule has 0 aliphatic carbocycles. The van der Waals surface area contributed by atoms with Crippen LogP contribution in [0.1, 0.15) is 31.2 Å². The molecule has 28 heavy (non-hydrogen) atoms. The molecule has 7 heteroatoms. The van der Waals surface area contributed by atoms with Crippen molar-refractivity contribution in [3.05, 3.63) is 29.8 Å². The first-order chi connectivity index (χ1) is 13.6. The van der Waals surface area contributed by atoms with Crippen molar-refractivity contribution in [3.63, 3.8) is 0 Å². The van der Waals surface area contributed by atoms with Crippen molar-refractivity contribution in [1.29, 1.82) is 0 Å². The average Bonchev–Trinajstić information content (AvgIpc) is 2.75. The fourth-order valence-corrected chi connectivity index (χ4v) is 4.02. The second-order valence-electron chi connectivity index (χ2n) is 7.71. The van der Waals surface area contributed by atoms with Crippen LogP contribution in [0.3, 0.4) is 0 Å². The lowest BCUT2D eigenvalue weighted by atomic mass is 9.79. The van der Waals surface area contributed by atoms with Crippen LogP contribution in [-0.4, -0.2) is 62.7 Å². The summed E-state index contributed by atoms with van der Waals surface area (Å²) in [6, 6.07) is 7.69. The quantitative estimate of drug-likeness (QED) is 0.760. The molecular formula is C21H31N3O4. The monoisotopic (exact) mass is 389 g/mol. The second-order valence-corrected chi connectivity index (χ2v) is 7.71. The number of nitrogens with zero attached hydrogens (tertiary/aromatic N) is 1. The summed E-state index contributed by atoms with van der Waals surface area (Å²) in [7, 11) is 1.62. The molecule has 7 nitrogen and oxygen atoms in total. The largest absolute Gasteiger partial charge is 0.496 e. The van der Waals surface area contributed by atoms with Gasteiger partial charge in [0.25, 0.3) is 0 Å². The van der Waals surface area contributed by atoms with Gasteiger partial charge in [0.2, 0.25) is 11.8 Å². The molecule has 0 saturated carbocycles. The third-order valence-electron chi connectivity index (χ3n) is 6.04. The lowest BCUT2D eigenvalue weighted by Crippen LogP contribution is -2.54. The molecular weight excluding hydrogens is 358 g/mol. The molecule has 1 aromatic carbocycles. The molecule has 2 aliphatic rings. The minimum atomic E-state index is -0.505. The van der Waals surface area contributed by atoms with Gasteiger partial charge in [-0.2, -0.15) is 0 Å². The van der Waals surface area contributed by atoms with Crippen LogP contribution in [0.4, 0.5) is 0 Å². The molecule has 0 unspecified atom stereocenters. The second kappa shape index (κ2) is 9.39. The van der Waals surface area contributed by atoms with E-state index in [4.69, 9.17) is 15.2 Å². The van der Waals surface area contributed by atoms with E-state index >= 15 is 0 Å². The summed E-state index contributed by atoms with van der Waals surface area (Å²) in [6.07, 6.45) is 3.20. The number of carbonyl (C=O) groups is 2. The molecule has 1 aromatic rings. The summed E-state index contributed by atoms with van der Waals surface area (Å²) >= 11 is 0. The first kappa shape index (κ1) is 20.6. The van der Waals surface area contributed by atoms with Crippen LogP contribution in [0.2, 0.25) is 0 Å². The summed E-state index contributed by atoms with van der Waals surface area (Å²) in [6.45, 7) is 2.81. The molecule has 2 heterocycles. The number of amides is 2. The van der Waals surface area contributed by atoms with Gasteiger partial charge in [0.05, 0.1) is 18.9 Å². The van der Waals surface area contributed by atoms with Crippen LogP contribution in [0.5, 0.6) is 5.75 Å². The number of carbonyl (C=O) groups excluding carboxylic acids is 2. The zero-order valence-electron chi connectivity index (χ0n) is 16.6. The van der Waals surface area contributed by atoms with E-state index < -0.39 is 5.41 Å². The van der Waals surface area contributed by atoms with E-state index in [1.165, 1.54) is 0 Å². The summed E-state index contributed by atoms with van der Waals surface area (Å²) < 4.78 is 10.7. The van der Waals surface area contributed by atoms with E-state index in [-0.39, 0.29) is 17.9 Å². The van der Waals surface area contributed by atoms with Gasteiger partial charge < -0.3 is 25.4 Å². The topological polar surface area (TPSA) is 93.9 Å². The highest BCUT2D eigenvalue weighted by atomic mass is 16.5. The summed E-state index contributed by atoms with van der Waals surface area (Å²) in [4.78, 5) is 27.3. The van der Waals surface area contributed by atoms with Crippen molar-refractivity contribution in [2.24, 2.45) is 11.1 Å². The number of piperidine rings is 1. The van der Waals surface area contributed by atoms with E-state index in [1.54, 1.807) is 7.11 Å². The van der Waals surface area contributed by atoms with Gasteiger partial charge in [-0.1, -0.05) is 18.2 Å². The van der Waals surface area contributed by atoms with Crippen molar-refractivity contribution in [2.75, 3.05) is 40.0 Å². The van der Waals surface area contributed by atoms with Crippen LogP contribution in [0, 0.1) is 5.41 Å². The summed E-state index contributed by atoms with van der Waals surface area (Å²) in [5, 5.41) is 3.18. The minimum Gasteiger partial charge on any atom is -0.496 e. The lowest BCUT2D eigenvalue weighted by Gasteiger charge is -2.38. The first-order valence-corrected chi connectivity index (χ1v) is 10.1. The van der Waals surface area contributed by atoms with Crippen LogP contribution in [-0.2, 0) is 20.7 Å². The van der Waals surface area contributed by atoms with Gasteiger partial charge in [-0.3, -0.25) is 9.59 Å². The van der Waals surface area contributed by atoms with Crippen molar-refractivity contribution in [3.8, 4) is 5.75 Å². The number of rotatable bonds is 6. The molecule has 0 bridgehead atoms. The predicted molar refractivity (Wildman–Crippen MR) is 106 cm³/mol. The lowest BCUT2D eigenvalue weighted by molar-refractivity contribution is -0.137. The van der Waals surface area contributed by atoms with Crippen molar-refractivity contribution >= 4 is 11.8 Å². The van der Waals surface area contributed by atoms with Crippen LogP contribution in [0.15, 0.2) is 24.3 Å². The fourth-order valence-electron chi connectivity index (χ4n) is 4.02. The Kier molecular flexibility index (Phi) is 6.91. The van der Waals surface area contributed by atoms with Gasteiger partial charge in [-0.05, 0) is 31.7 Å². The van der Waals surface area contributed by atoms with Gasteiger partial charge in [0.15, 0.2) is 0 Å². The third-order valence-corrected chi connectivity index (χ3v) is 6.04. The zero-order chi connectivity index (χ0) is 20.0. The molecule has 3 N–H and O–H groups in total. The molecule has 3 rings (SSSR count). The van der Waals surface area contributed by atoms with Crippen LogP contribution >= 0.6 is 0 Å². The maximum Gasteiger partial charge on any atom is 0.227 e. The smallest absolute Gasteiger partial charge is 0.227 e. The Morgan fingerprint density at radius 3 is 2.57 bits per heavy atom.